The maximum atomic E-state index is 13.5. The van der Waals surface area contributed by atoms with Crippen molar-refractivity contribution in [3.63, 3.8) is 0 Å². The number of aromatic nitrogens is 1. The SMILES string of the molecule is CCn1c(C)cc(CNc2c(F)cccc2F)c1C. The van der Waals surface area contributed by atoms with E-state index in [-0.39, 0.29) is 5.69 Å². The summed E-state index contributed by atoms with van der Waals surface area (Å²) in [7, 11) is 0. The minimum absolute atomic E-state index is 0.0659. The van der Waals surface area contributed by atoms with Gasteiger partial charge in [-0.05, 0) is 44.5 Å². The monoisotopic (exact) mass is 264 g/mol. The molecule has 0 atom stereocenters. The van der Waals surface area contributed by atoms with Crippen LogP contribution < -0.4 is 5.32 Å². The molecular weight excluding hydrogens is 246 g/mol. The topological polar surface area (TPSA) is 17.0 Å². The Morgan fingerprint density at radius 2 is 1.79 bits per heavy atom. The van der Waals surface area contributed by atoms with Crippen LogP contribution in [0.4, 0.5) is 14.5 Å². The van der Waals surface area contributed by atoms with E-state index in [1.54, 1.807) is 0 Å². The molecule has 0 saturated heterocycles. The largest absolute Gasteiger partial charge is 0.376 e. The molecule has 0 aliphatic heterocycles. The van der Waals surface area contributed by atoms with E-state index in [4.69, 9.17) is 0 Å². The lowest BCUT2D eigenvalue weighted by Crippen LogP contribution is -2.05. The van der Waals surface area contributed by atoms with Crippen LogP contribution in [0.25, 0.3) is 0 Å². The lowest BCUT2D eigenvalue weighted by molar-refractivity contribution is 0.588. The highest BCUT2D eigenvalue weighted by atomic mass is 19.1. The van der Waals surface area contributed by atoms with E-state index in [0.717, 1.165) is 23.5 Å². The molecule has 102 valence electrons. The van der Waals surface area contributed by atoms with Gasteiger partial charge in [0.15, 0.2) is 0 Å². The summed E-state index contributed by atoms with van der Waals surface area (Å²) in [4.78, 5) is 0. The first kappa shape index (κ1) is 13.6. The van der Waals surface area contributed by atoms with Crippen LogP contribution in [0.15, 0.2) is 24.3 Å². The summed E-state index contributed by atoms with van der Waals surface area (Å²) in [6, 6.07) is 5.91. The van der Waals surface area contributed by atoms with E-state index in [2.05, 4.69) is 16.8 Å². The molecule has 19 heavy (non-hydrogen) atoms. The van der Waals surface area contributed by atoms with Gasteiger partial charge in [0.1, 0.15) is 17.3 Å². The van der Waals surface area contributed by atoms with E-state index in [0.29, 0.717) is 6.54 Å². The number of hydrogen-bond acceptors (Lipinski definition) is 1. The third-order valence-electron chi connectivity index (χ3n) is 3.41. The number of nitrogens with zero attached hydrogens (tertiary/aromatic N) is 1. The number of hydrogen-bond donors (Lipinski definition) is 1. The molecule has 4 heteroatoms. The third-order valence-corrected chi connectivity index (χ3v) is 3.41. The van der Waals surface area contributed by atoms with Crippen molar-refractivity contribution in [3.8, 4) is 0 Å². The fourth-order valence-electron chi connectivity index (χ4n) is 2.39. The Kier molecular flexibility index (Phi) is 3.88. The summed E-state index contributed by atoms with van der Waals surface area (Å²) in [6.45, 7) is 7.44. The number of rotatable bonds is 4. The zero-order valence-electron chi connectivity index (χ0n) is 11.4. The molecule has 1 aromatic heterocycles. The predicted molar refractivity (Wildman–Crippen MR) is 73.3 cm³/mol. The first-order valence-corrected chi connectivity index (χ1v) is 6.38. The van der Waals surface area contributed by atoms with Crippen molar-refractivity contribution in [1.82, 2.24) is 4.57 Å². The van der Waals surface area contributed by atoms with Crippen LogP contribution in [0.5, 0.6) is 0 Å². The van der Waals surface area contributed by atoms with Gasteiger partial charge in [-0.3, -0.25) is 0 Å². The van der Waals surface area contributed by atoms with Gasteiger partial charge < -0.3 is 9.88 Å². The maximum absolute atomic E-state index is 13.5. The van der Waals surface area contributed by atoms with Crippen molar-refractivity contribution in [3.05, 3.63) is 52.9 Å². The van der Waals surface area contributed by atoms with Gasteiger partial charge in [0.2, 0.25) is 0 Å². The molecule has 2 nitrogen and oxygen atoms in total. The Morgan fingerprint density at radius 1 is 1.16 bits per heavy atom. The fourth-order valence-corrected chi connectivity index (χ4v) is 2.39. The highest BCUT2D eigenvalue weighted by molar-refractivity contribution is 5.47. The molecule has 0 aliphatic rings. The van der Waals surface area contributed by atoms with Crippen LogP contribution in [0.3, 0.4) is 0 Å². The molecule has 0 saturated carbocycles. The average molecular weight is 264 g/mol. The number of nitrogens with one attached hydrogen (secondary N) is 1. The number of anilines is 1. The van der Waals surface area contributed by atoms with Gasteiger partial charge in [0.25, 0.3) is 0 Å². The lowest BCUT2D eigenvalue weighted by Gasteiger charge is -2.09. The molecule has 2 rings (SSSR count). The second-order valence-electron chi connectivity index (χ2n) is 4.59. The molecular formula is C15H18F2N2. The second-order valence-corrected chi connectivity index (χ2v) is 4.59. The minimum Gasteiger partial charge on any atom is -0.376 e. The summed E-state index contributed by atoms with van der Waals surface area (Å²) in [6.07, 6.45) is 0. The van der Waals surface area contributed by atoms with Crippen molar-refractivity contribution in [2.45, 2.75) is 33.9 Å². The number of aryl methyl sites for hydroxylation is 1. The normalized spacial score (nSPS) is 10.8. The molecule has 2 aromatic rings. The molecule has 1 heterocycles. The molecule has 0 unspecified atom stereocenters. The quantitative estimate of drug-likeness (QED) is 0.882. The second kappa shape index (κ2) is 5.43. The molecule has 0 fully saturated rings. The van der Waals surface area contributed by atoms with Gasteiger partial charge in [-0.25, -0.2) is 8.78 Å². The third kappa shape index (κ3) is 2.62. The van der Waals surface area contributed by atoms with Gasteiger partial charge in [0, 0.05) is 24.5 Å². The smallest absolute Gasteiger partial charge is 0.149 e. The first-order valence-electron chi connectivity index (χ1n) is 6.38. The number of benzene rings is 1. The van der Waals surface area contributed by atoms with Crippen molar-refractivity contribution in [2.24, 2.45) is 0 Å². The summed E-state index contributed by atoms with van der Waals surface area (Å²) in [5.41, 5.74) is 3.28. The fraction of sp³-hybridized carbons (Fsp3) is 0.333. The van der Waals surface area contributed by atoms with E-state index in [9.17, 15) is 8.78 Å². The Bertz CT molecular complexity index is 568. The van der Waals surface area contributed by atoms with Crippen LogP contribution in [-0.2, 0) is 13.1 Å². The summed E-state index contributed by atoms with van der Waals surface area (Å²) in [5, 5.41) is 2.84. The van der Waals surface area contributed by atoms with Crippen LogP contribution in [0.2, 0.25) is 0 Å². The maximum Gasteiger partial charge on any atom is 0.149 e. The Morgan fingerprint density at radius 3 is 2.32 bits per heavy atom. The van der Waals surface area contributed by atoms with E-state index in [1.165, 1.54) is 18.2 Å². The summed E-state index contributed by atoms with van der Waals surface area (Å²) >= 11 is 0. The van der Waals surface area contributed by atoms with Gasteiger partial charge in [-0.1, -0.05) is 6.07 Å². The van der Waals surface area contributed by atoms with E-state index < -0.39 is 11.6 Å². The molecule has 1 N–H and O–H groups in total. The standard InChI is InChI=1S/C15H18F2N2/c1-4-19-10(2)8-12(11(19)3)9-18-15-13(16)6-5-7-14(15)17/h5-8,18H,4,9H2,1-3H3. The van der Waals surface area contributed by atoms with Crippen LogP contribution in [-0.4, -0.2) is 4.57 Å². The number of halogens is 2. The van der Waals surface area contributed by atoms with Gasteiger partial charge in [0.05, 0.1) is 0 Å². The molecule has 1 aromatic carbocycles. The first-order chi connectivity index (χ1) is 9.04. The summed E-state index contributed by atoms with van der Waals surface area (Å²) in [5.74, 6) is -1.13. The van der Waals surface area contributed by atoms with Crippen molar-refractivity contribution >= 4 is 5.69 Å². The Hall–Kier alpha value is -1.84. The lowest BCUT2D eigenvalue weighted by atomic mass is 10.2. The molecule has 0 bridgehead atoms. The van der Waals surface area contributed by atoms with Gasteiger partial charge in [-0.2, -0.15) is 0 Å². The number of para-hydroxylation sites is 1. The van der Waals surface area contributed by atoms with E-state index >= 15 is 0 Å². The van der Waals surface area contributed by atoms with Crippen molar-refractivity contribution in [1.29, 1.82) is 0 Å². The zero-order valence-corrected chi connectivity index (χ0v) is 11.4. The van der Waals surface area contributed by atoms with Gasteiger partial charge in [-0.15, -0.1) is 0 Å². The minimum atomic E-state index is -0.565. The Balaban J connectivity index is 2.19. The molecule has 0 amide bonds. The van der Waals surface area contributed by atoms with Crippen LogP contribution in [0, 0.1) is 25.5 Å². The summed E-state index contributed by atoms with van der Waals surface area (Å²) < 4.78 is 29.2. The average Bonchev–Trinajstić information content (AvgIpc) is 2.63. The Labute approximate surface area is 112 Å². The highest BCUT2D eigenvalue weighted by Gasteiger charge is 2.11. The van der Waals surface area contributed by atoms with Gasteiger partial charge >= 0.3 is 0 Å². The van der Waals surface area contributed by atoms with Crippen molar-refractivity contribution in [2.75, 3.05) is 5.32 Å². The van der Waals surface area contributed by atoms with Crippen LogP contribution >= 0.6 is 0 Å². The molecule has 0 radical (unpaired) electrons. The predicted octanol–water partition coefficient (Wildman–Crippen LogP) is 4.02. The van der Waals surface area contributed by atoms with Crippen molar-refractivity contribution < 1.29 is 8.78 Å². The van der Waals surface area contributed by atoms with Crippen LogP contribution in [0.1, 0.15) is 23.9 Å². The molecule has 0 spiro atoms. The van der Waals surface area contributed by atoms with E-state index in [1.807, 2.05) is 19.9 Å². The highest BCUT2D eigenvalue weighted by Crippen LogP contribution is 2.21. The zero-order chi connectivity index (χ0) is 14.0. The molecule has 0 aliphatic carbocycles.